The molecule has 8 heteroatoms. The van der Waals surface area contributed by atoms with E-state index in [0.717, 1.165) is 23.8 Å². The number of nitrogens with zero attached hydrogens (tertiary/aromatic N) is 4. The Balaban J connectivity index is 0.00000264. The van der Waals surface area contributed by atoms with E-state index in [2.05, 4.69) is 25.6 Å². The molecule has 0 saturated carbocycles. The van der Waals surface area contributed by atoms with E-state index in [1.807, 2.05) is 37.6 Å². The summed E-state index contributed by atoms with van der Waals surface area (Å²) < 4.78 is 2.00. The van der Waals surface area contributed by atoms with Crippen molar-refractivity contribution in [2.45, 2.75) is 33.7 Å². The number of halogens is 1. The predicted octanol–water partition coefficient (Wildman–Crippen LogP) is 1.79. The fraction of sp³-hybridized carbons (Fsp3) is 0.467. The molecule has 0 spiro atoms. The van der Waals surface area contributed by atoms with Gasteiger partial charge in [0, 0.05) is 49.8 Å². The predicted molar refractivity (Wildman–Crippen MR) is 94.9 cm³/mol. The lowest BCUT2D eigenvalue weighted by Crippen LogP contribution is -2.28. The van der Waals surface area contributed by atoms with Crippen molar-refractivity contribution in [1.82, 2.24) is 24.8 Å². The molecule has 0 fully saturated rings. The van der Waals surface area contributed by atoms with Gasteiger partial charge in [-0.05, 0) is 26.8 Å². The van der Waals surface area contributed by atoms with Gasteiger partial charge in [0.2, 0.25) is 11.9 Å². The highest BCUT2D eigenvalue weighted by molar-refractivity contribution is 8.93. The zero-order valence-electron chi connectivity index (χ0n) is 13.7. The van der Waals surface area contributed by atoms with E-state index in [0.29, 0.717) is 25.5 Å². The Bertz CT molecular complexity index is 622. The summed E-state index contributed by atoms with van der Waals surface area (Å²) in [6.45, 7) is 7.62. The Morgan fingerprint density at radius 1 is 1.17 bits per heavy atom. The van der Waals surface area contributed by atoms with Crippen LogP contribution in [0.2, 0.25) is 0 Å². The molecule has 0 atom stereocenters. The minimum atomic E-state index is 0. The van der Waals surface area contributed by atoms with Gasteiger partial charge < -0.3 is 15.2 Å². The highest BCUT2D eigenvalue weighted by atomic mass is 79.9. The Labute approximate surface area is 146 Å². The molecule has 0 aromatic carbocycles. The SMILES string of the molecule is Br.Cc1cc(C)nc(NCCC(=O)NCCn2ccnc2C)n1. The molecule has 0 aliphatic carbocycles. The van der Waals surface area contributed by atoms with Crippen molar-refractivity contribution >= 4 is 28.8 Å². The number of rotatable bonds is 7. The van der Waals surface area contributed by atoms with Gasteiger partial charge in [-0.3, -0.25) is 4.79 Å². The van der Waals surface area contributed by atoms with E-state index in [1.54, 1.807) is 6.20 Å². The van der Waals surface area contributed by atoms with Gasteiger partial charge in [-0.1, -0.05) is 0 Å². The monoisotopic (exact) mass is 382 g/mol. The molecule has 1 amide bonds. The van der Waals surface area contributed by atoms with Crippen LogP contribution < -0.4 is 10.6 Å². The Kier molecular flexibility index (Phi) is 7.67. The topological polar surface area (TPSA) is 84.7 Å². The molecule has 2 N–H and O–H groups in total. The second-order valence-electron chi connectivity index (χ2n) is 5.17. The largest absolute Gasteiger partial charge is 0.354 e. The minimum Gasteiger partial charge on any atom is -0.354 e. The average Bonchev–Trinajstić information content (AvgIpc) is 2.83. The molecule has 0 unspecified atom stereocenters. The first-order valence-electron chi connectivity index (χ1n) is 7.35. The molecule has 0 saturated heterocycles. The maximum absolute atomic E-state index is 11.8. The molecule has 0 radical (unpaired) electrons. The van der Waals surface area contributed by atoms with Crippen molar-refractivity contribution in [1.29, 1.82) is 0 Å². The second kappa shape index (κ2) is 9.24. The van der Waals surface area contributed by atoms with Crippen LogP contribution in [0.3, 0.4) is 0 Å². The third-order valence-corrected chi connectivity index (χ3v) is 3.22. The van der Waals surface area contributed by atoms with Gasteiger partial charge in [0.15, 0.2) is 0 Å². The summed E-state index contributed by atoms with van der Waals surface area (Å²) in [5.41, 5.74) is 1.82. The van der Waals surface area contributed by atoms with Gasteiger partial charge in [-0.2, -0.15) is 0 Å². The lowest BCUT2D eigenvalue weighted by Gasteiger charge is -2.08. The van der Waals surface area contributed by atoms with Crippen molar-refractivity contribution in [2.75, 3.05) is 18.4 Å². The number of nitrogens with one attached hydrogen (secondary N) is 2. The molecular weight excluding hydrogens is 360 g/mol. The zero-order chi connectivity index (χ0) is 15.9. The molecule has 126 valence electrons. The molecule has 2 heterocycles. The fourth-order valence-electron chi connectivity index (χ4n) is 2.14. The summed E-state index contributed by atoms with van der Waals surface area (Å²) in [6.07, 6.45) is 4.05. The van der Waals surface area contributed by atoms with E-state index in [4.69, 9.17) is 0 Å². The summed E-state index contributed by atoms with van der Waals surface area (Å²) >= 11 is 0. The summed E-state index contributed by atoms with van der Waals surface area (Å²) in [7, 11) is 0. The fourth-order valence-corrected chi connectivity index (χ4v) is 2.14. The minimum absolute atomic E-state index is 0. The smallest absolute Gasteiger partial charge is 0.223 e. The van der Waals surface area contributed by atoms with Crippen LogP contribution in [0, 0.1) is 20.8 Å². The van der Waals surface area contributed by atoms with Crippen molar-refractivity contribution in [3.8, 4) is 0 Å². The zero-order valence-corrected chi connectivity index (χ0v) is 15.4. The molecule has 23 heavy (non-hydrogen) atoms. The van der Waals surface area contributed by atoms with Gasteiger partial charge >= 0.3 is 0 Å². The Hall–Kier alpha value is -1.96. The summed E-state index contributed by atoms with van der Waals surface area (Å²) in [4.78, 5) is 24.4. The average molecular weight is 383 g/mol. The highest BCUT2D eigenvalue weighted by Gasteiger charge is 2.03. The van der Waals surface area contributed by atoms with Crippen molar-refractivity contribution < 1.29 is 4.79 Å². The summed E-state index contributed by atoms with van der Waals surface area (Å²) in [5, 5.41) is 5.96. The first kappa shape index (κ1) is 19.1. The molecule has 0 aliphatic heterocycles. The van der Waals surface area contributed by atoms with Crippen LogP contribution in [-0.2, 0) is 11.3 Å². The third-order valence-electron chi connectivity index (χ3n) is 3.22. The van der Waals surface area contributed by atoms with Gasteiger partial charge in [-0.25, -0.2) is 15.0 Å². The van der Waals surface area contributed by atoms with E-state index in [-0.39, 0.29) is 22.9 Å². The molecule has 2 rings (SSSR count). The molecular formula is C15H23BrN6O. The standard InChI is InChI=1S/C15H22N6O.BrH/c1-11-10-12(2)20-15(19-11)18-5-4-14(22)17-7-9-21-8-6-16-13(21)3;/h6,8,10H,4-5,7,9H2,1-3H3,(H,17,22)(H,18,19,20);1H. The van der Waals surface area contributed by atoms with Crippen molar-refractivity contribution in [2.24, 2.45) is 0 Å². The normalized spacial score (nSPS) is 10.0. The van der Waals surface area contributed by atoms with Crippen LogP contribution in [0.5, 0.6) is 0 Å². The van der Waals surface area contributed by atoms with E-state index < -0.39 is 0 Å². The van der Waals surface area contributed by atoms with E-state index in [1.165, 1.54) is 0 Å². The first-order chi connectivity index (χ1) is 10.5. The maximum atomic E-state index is 11.8. The number of imidazole rings is 1. The van der Waals surface area contributed by atoms with Gasteiger partial charge in [0.25, 0.3) is 0 Å². The third kappa shape index (κ3) is 6.35. The maximum Gasteiger partial charge on any atom is 0.223 e. The highest BCUT2D eigenvalue weighted by Crippen LogP contribution is 2.03. The quantitative estimate of drug-likeness (QED) is 0.762. The second-order valence-corrected chi connectivity index (χ2v) is 5.17. The number of hydrogen-bond donors (Lipinski definition) is 2. The number of carbonyl (C=O) groups excluding carboxylic acids is 1. The lowest BCUT2D eigenvalue weighted by molar-refractivity contribution is -0.120. The molecule has 0 aliphatic rings. The molecule has 2 aromatic heterocycles. The number of aromatic nitrogens is 4. The van der Waals surface area contributed by atoms with Crippen LogP contribution in [-0.4, -0.2) is 38.5 Å². The van der Waals surface area contributed by atoms with Crippen LogP contribution >= 0.6 is 17.0 Å². The van der Waals surface area contributed by atoms with Crippen LogP contribution in [0.15, 0.2) is 18.5 Å². The molecule has 2 aromatic rings. The molecule has 7 nitrogen and oxygen atoms in total. The Morgan fingerprint density at radius 2 is 1.87 bits per heavy atom. The van der Waals surface area contributed by atoms with E-state index >= 15 is 0 Å². The number of amides is 1. The van der Waals surface area contributed by atoms with Gasteiger partial charge in [0.05, 0.1) is 0 Å². The van der Waals surface area contributed by atoms with Gasteiger partial charge in [-0.15, -0.1) is 17.0 Å². The number of hydrogen-bond acceptors (Lipinski definition) is 5. The van der Waals surface area contributed by atoms with Crippen LogP contribution in [0.1, 0.15) is 23.6 Å². The van der Waals surface area contributed by atoms with Crippen LogP contribution in [0.25, 0.3) is 0 Å². The van der Waals surface area contributed by atoms with Crippen LogP contribution in [0.4, 0.5) is 5.95 Å². The molecule has 0 bridgehead atoms. The van der Waals surface area contributed by atoms with E-state index in [9.17, 15) is 4.79 Å². The Morgan fingerprint density at radius 3 is 2.48 bits per heavy atom. The van der Waals surface area contributed by atoms with Gasteiger partial charge in [0.1, 0.15) is 5.82 Å². The number of carbonyl (C=O) groups is 1. The summed E-state index contributed by atoms with van der Waals surface area (Å²) in [6, 6.07) is 1.91. The number of anilines is 1. The van der Waals surface area contributed by atoms with Crippen molar-refractivity contribution in [3.63, 3.8) is 0 Å². The lowest BCUT2D eigenvalue weighted by atomic mass is 10.3. The summed E-state index contributed by atoms with van der Waals surface area (Å²) in [5.74, 6) is 1.52. The first-order valence-corrected chi connectivity index (χ1v) is 7.35. The number of aryl methyl sites for hydroxylation is 3. The van der Waals surface area contributed by atoms with Crippen molar-refractivity contribution in [3.05, 3.63) is 35.7 Å².